The smallest absolute Gasteiger partial charge is 0.257 e. The molecule has 4 nitrogen and oxygen atoms in total. The fourth-order valence-corrected chi connectivity index (χ4v) is 1.98. The number of thiazole rings is 1. The average Bonchev–Trinajstić information content (AvgIpc) is 2.82. The number of carbonyl (C=O) groups is 1. The Labute approximate surface area is 112 Å². The molecule has 0 aliphatic heterocycles. The minimum absolute atomic E-state index is 0.152. The summed E-state index contributed by atoms with van der Waals surface area (Å²) >= 11 is 6.32. The van der Waals surface area contributed by atoms with Gasteiger partial charge in [-0.1, -0.05) is 0 Å². The number of hydrogen-bond donors (Lipinski definition) is 2. The summed E-state index contributed by atoms with van der Waals surface area (Å²) < 4.78 is 12.7. The first-order chi connectivity index (χ1) is 8.65. The number of thiocarbonyl (C=S) groups is 1. The van der Waals surface area contributed by atoms with Crippen LogP contribution < -0.4 is 10.6 Å². The zero-order valence-electron chi connectivity index (χ0n) is 9.01. The SMILES string of the molecule is O=C(NC(=S)Nc1nccs1)c1ccc(F)cc1. The normalized spacial score (nSPS) is 9.83. The van der Waals surface area contributed by atoms with E-state index >= 15 is 0 Å². The summed E-state index contributed by atoms with van der Waals surface area (Å²) in [5.41, 5.74) is 0.333. The Morgan fingerprint density at radius 3 is 2.67 bits per heavy atom. The molecule has 2 aromatic rings. The molecule has 1 aromatic carbocycles. The fourth-order valence-electron chi connectivity index (χ4n) is 1.19. The van der Waals surface area contributed by atoms with Crippen LogP contribution in [0.3, 0.4) is 0 Å². The highest BCUT2D eigenvalue weighted by Gasteiger charge is 2.08. The van der Waals surface area contributed by atoms with Crippen LogP contribution in [-0.4, -0.2) is 16.0 Å². The van der Waals surface area contributed by atoms with Crippen molar-refractivity contribution in [2.45, 2.75) is 0 Å². The maximum atomic E-state index is 12.7. The Kier molecular flexibility index (Phi) is 3.96. The molecule has 2 rings (SSSR count). The topological polar surface area (TPSA) is 54.0 Å². The van der Waals surface area contributed by atoms with E-state index in [1.165, 1.54) is 35.6 Å². The summed E-state index contributed by atoms with van der Waals surface area (Å²) in [7, 11) is 0. The lowest BCUT2D eigenvalue weighted by molar-refractivity contribution is 0.0977. The van der Waals surface area contributed by atoms with Crippen molar-refractivity contribution < 1.29 is 9.18 Å². The van der Waals surface area contributed by atoms with Crippen LogP contribution in [0.15, 0.2) is 35.8 Å². The zero-order chi connectivity index (χ0) is 13.0. The van der Waals surface area contributed by atoms with E-state index in [1.54, 1.807) is 11.6 Å². The van der Waals surface area contributed by atoms with E-state index in [1.807, 2.05) is 0 Å². The van der Waals surface area contributed by atoms with Gasteiger partial charge in [-0.05, 0) is 36.5 Å². The first-order valence-electron chi connectivity index (χ1n) is 4.92. The predicted octanol–water partition coefficient (Wildman–Crippen LogP) is 2.41. The molecule has 92 valence electrons. The molecule has 1 aromatic heterocycles. The number of nitrogens with zero attached hydrogens (tertiary/aromatic N) is 1. The summed E-state index contributed by atoms with van der Waals surface area (Å²) in [6, 6.07) is 5.20. The second kappa shape index (κ2) is 5.65. The molecule has 0 fully saturated rings. The molecule has 0 spiro atoms. The van der Waals surface area contributed by atoms with E-state index in [9.17, 15) is 9.18 Å². The van der Waals surface area contributed by atoms with Gasteiger partial charge in [0.1, 0.15) is 5.82 Å². The monoisotopic (exact) mass is 281 g/mol. The second-order valence-electron chi connectivity index (χ2n) is 3.25. The van der Waals surface area contributed by atoms with E-state index in [-0.39, 0.29) is 5.11 Å². The van der Waals surface area contributed by atoms with Gasteiger partial charge in [-0.15, -0.1) is 11.3 Å². The van der Waals surface area contributed by atoms with E-state index < -0.39 is 11.7 Å². The molecular formula is C11H8FN3OS2. The molecule has 0 aliphatic rings. The van der Waals surface area contributed by atoms with Crippen molar-refractivity contribution >= 4 is 39.7 Å². The highest BCUT2D eigenvalue weighted by Crippen LogP contribution is 2.10. The molecule has 0 atom stereocenters. The van der Waals surface area contributed by atoms with Crippen LogP contribution in [0.1, 0.15) is 10.4 Å². The quantitative estimate of drug-likeness (QED) is 0.830. The van der Waals surface area contributed by atoms with Gasteiger partial charge in [-0.2, -0.15) is 0 Å². The van der Waals surface area contributed by atoms with Crippen molar-refractivity contribution in [3.63, 3.8) is 0 Å². The highest BCUT2D eigenvalue weighted by atomic mass is 32.1. The summed E-state index contributed by atoms with van der Waals surface area (Å²) in [5.74, 6) is -0.793. The van der Waals surface area contributed by atoms with Gasteiger partial charge in [0.2, 0.25) is 0 Å². The minimum Gasteiger partial charge on any atom is -0.308 e. The van der Waals surface area contributed by atoms with Crippen LogP contribution in [0.4, 0.5) is 9.52 Å². The number of hydrogen-bond acceptors (Lipinski definition) is 4. The lowest BCUT2D eigenvalue weighted by Gasteiger charge is -2.06. The molecule has 7 heteroatoms. The van der Waals surface area contributed by atoms with Gasteiger partial charge in [-0.3, -0.25) is 10.1 Å². The van der Waals surface area contributed by atoms with E-state index in [0.29, 0.717) is 10.7 Å². The average molecular weight is 281 g/mol. The number of aromatic nitrogens is 1. The lowest BCUT2D eigenvalue weighted by Crippen LogP contribution is -2.34. The van der Waals surface area contributed by atoms with Crippen LogP contribution in [-0.2, 0) is 0 Å². The van der Waals surface area contributed by atoms with E-state index in [2.05, 4.69) is 15.6 Å². The van der Waals surface area contributed by atoms with Crippen molar-refractivity contribution in [2.24, 2.45) is 0 Å². The molecular weight excluding hydrogens is 273 g/mol. The Hall–Kier alpha value is -1.86. The Morgan fingerprint density at radius 2 is 2.06 bits per heavy atom. The lowest BCUT2D eigenvalue weighted by atomic mass is 10.2. The van der Waals surface area contributed by atoms with Gasteiger partial charge in [-0.25, -0.2) is 9.37 Å². The van der Waals surface area contributed by atoms with Crippen LogP contribution in [0.2, 0.25) is 0 Å². The minimum atomic E-state index is -0.399. The van der Waals surface area contributed by atoms with Crippen molar-refractivity contribution in [2.75, 3.05) is 5.32 Å². The number of amides is 1. The summed E-state index contributed by atoms with van der Waals surface area (Å²) in [4.78, 5) is 15.7. The van der Waals surface area contributed by atoms with Crippen LogP contribution in [0.25, 0.3) is 0 Å². The van der Waals surface area contributed by atoms with Gasteiger partial charge in [0.25, 0.3) is 5.91 Å². The summed E-state index contributed by atoms with van der Waals surface area (Å²) in [6.45, 7) is 0. The van der Waals surface area contributed by atoms with Crippen LogP contribution in [0, 0.1) is 5.82 Å². The third-order valence-electron chi connectivity index (χ3n) is 1.99. The molecule has 0 bridgehead atoms. The van der Waals surface area contributed by atoms with Crippen LogP contribution in [0.5, 0.6) is 0 Å². The number of rotatable bonds is 2. The number of carbonyl (C=O) groups excluding carboxylic acids is 1. The number of halogens is 1. The molecule has 0 unspecified atom stereocenters. The third-order valence-corrected chi connectivity index (χ3v) is 2.88. The summed E-state index contributed by atoms with van der Waals surface area (Å²) in [5, 5.41) is 7.78. The van der Waals surface area contributed by atoms with Crippen molar-refractivity contribution in [3.05, 3.63) is 47.2 Å². The maximum absolute atomic E-state index is 12.7. The number of benzene rings is 1. The molecule has 0 saturated carbocycles. The molecule has 18 heavy (non-hydrogen) atoms. The third kappa shape index (κ3) is 3.31. The molecule has 0 saturated heterocycles. The van der Waals surface area contributed by atoms with Crippen molar-refractivity contribution in [3.8, 4) is 0 Å². The summed E-state index contributed by atoms with van der Waals surface area (Å²) in [6.07, 6.45) is 1.62. The number of anilines is 1. The molecule has 2 N–H and O–H groups in total. The van der Waals surface area contributed by atoms with Crippen molar-refractivity contribution in [1.82, 2.24) is 10.3 Å². The van der Waals surface area contributed by atoms with Gasteiger partial charge in [0, 0.05) is 17.1 Å². The largest absolute Gasteiger partial charge is 0.308 e. The van der Waals surface area contributed by atoms with Gasteiger partial charge < -0.3 is 5.32 Å². The van der Waals surface area contributed by atoms with E-state index in [0.717, 1.165) is 0 Å². The van der Waals surface area contributed by atoms with E-state index in [4.69, 9.17) is 12.2 Å². The van der Waals surface area contributed by atoms with Gasteiger partial charge >= 0.3 is 0 Å². The number of nitrogens with one attached hydrogen (secondary N) is 2. The van der Waals surface area contributed by atoms with Gasteiger partial charge in [0.15, 0.2) is 10.2 Å². The Balaban J connectivity index is 1.95. The second-order valence-corrected chi connectivity index (χ2v) is 4.56. The Bertz CT molecular complexity index is 554. The molecule has 1 amide bonds. The highest BCUT2D eigenvalue weighted by molar-refractivity contribution is 7.80. The van der Waals surface area contributed by atoms with Gasteiger partial charge in [0.05, 0.1) is 0 Å². The van der Waals surface area contributed by atoms with Crippen LogP contribution >= 0.6 is 23.6 Å². The maximum Gasteiger partial charge on any atom is 0.257 e. The molecule has 0 aliphatic carbocycles. The first-order valence-corrected chi connectivity index (χ1v) is 6.21. The fraction of sp³-hybridized carbons (Fsp3) is 0. The van der Waals surface area contributed by atoms with Crippen molar-refractivity contribution in [1.29, 1.82) is 0 Å². The molecule has 1 heterocycles. The molecule has 0 radical (unpaired) electrons. The Morgan fingerprint density at radius 1 is 1.33 bits per heavy atom. The predicted molar refractivity (Wildman–Crippen MR) is 72.2 cm³/mol. The zero-order valence-corrected chi connectivity index (χ0v) is 10.6. The standard InChI is InChI=1S/C11H8FN3OS2/c12-8-3-1-7(2-4-8)9(16)14-10(17)15-11-13-5-6-18-11/h1-6H,(H2,13,14,15,16,17). The first kappa shape index (κ1) is 12.6.